The molecule has 0 aromatic carbocycles. The minimum absolute atomic E-state index is 0.0630. The number of rotatable bonds is 5. The molecule has 0 amide bonds. The van der Waals surface area contributed by atoms with Crippen molar-refractivity contribution in [1.82, 2.24) is 9.97 Å². The third-order valence-corrected chi connectivity index (χ3v) is 3.91. The highest BCUT2D eigenvalue weighted by molar-refractivity contribution is 7.12. The molecule has 0 spiro atoms. The van der Waals surface area contributed by atoms with Crippen LogP contribution in [-0.2, 0) is 0 Å². The second-order valence-corrected chi connectivity index (χ2v) is 5.57. The lowest BCUT2D eigenvalue weighted by Gasteiger charge is -2.13. The maximum atomic E-state index is 11.0. The summed E-state index contributed by atoms with van der Waals surface area (Å²) in [7, 11) is 1.66. The smallest absolute Gasteiger partial charge is 0.329 e. The zero-order valence-electron chi connectivity index (χ0n) is 11.4. The van der Waals surface area contributed by atoms with Gasteiger partial charge in [-0.3, -0.25) is 10.1 Å². The molecule has 0 saturated carbocycles. The van der Waals surface area contributed by atoms with Crippen molar-refractivity contribution in [3.8, 4) is 0 Å². The first kappa shape index (κ1) is 14.2. The van der Waals surface area contributed by atoms with Gasteiger partial charge in [0.25, 0.3) is 0 Å². The van der Waals surface area contributed by atoms with E-state index in [1.54, 1.807) is 18.4 Å². The fourth-order valence-corrected chi connectivity index (χ4v) is 2.58. The monoisotopic (exact) mass is 293 g/mol. The Labute approximate surface area is 120 Å². The van der Waals surface area contributed by atoms with Gasteiger partial charge in [0.2, 0.25) is 11.8 Å². The highest BCUT2D eigenvalue weighted by atomic mass is 32.1. The summed E-state index contributed by atoms with van der Waals surface area (Å²) in [4.78, 5) is 20.8. The molecule has 2 heterocycles. The van der Waals surface area contributed by atoms with Crippen LogP contribution in [0.25, 0.3) is 0 Å². The number of thiophene rings is 1. The van der Waals surface area contributed by atoms with Gasteiger partial charge >= 0.3 is 5.69 Å². The van der Waals surface area contributed by atoms with Crippen molar-refractivity contribution in [2.24, 2.45) is 0 Å². The number of aromatic nitrogens is 2. The van der Waals surface area contributed by atoms with E-state index in [0.717, 1.165) is 4.88 Å². The second-order valence-electron chi connectivity index (χ2n) is 4.25. The van der Waals surface area contributed by atoms with Crippen molar-refractivity contribution in [1.29, 1.82) is 0 Å². The second kappa shape index (κ2) is 5.83. The van der Waals surface area contributed by atoms with Gasteiger partial charge in [-0.05, 0) is 26.0 Å². The van der Waals surface area contributed by atoms with Crippen LogP contribution in [0.5, 0.6) is 0 Å². The molecule has 0 bridgehead atoms. The summed E-state index contributed by atoms with van der Waals surface area (Å²) in [6, 6.07) is 3.96. The van der Waals surface area contributed by atoms with Crippen molar-refractivity contribution in [2.45, 2.75) is 19.9 Å². The predicted octanol–water partition coefficient (Wildman–Crippen LogP) is 2.97. The fraction of sp³-hybridized carbons (Fsp3) is 0.333. The molecular formula is C12H15N5O2S. The Balaban J connectivity index is 2.29. The van der Waals surface area contributed by atoms with E-state index in [1.165, 1.54) is 11.1 Å². The molecular weight excluding hydrogens is 278 g/mol. The first-order valence-electron chi connectivity index (χ1n) is 6.03. The van der Waals surface area contributed by atoms with E-state index in [2.05, 4.69) is 20.6 Å². The van der Waals surface area contributed by atoms with E-state index < -0.39 is 4.92 Å². The van der Waals surface area contributed by atoms with Gasteiger partial charge in [-0.1, -0.05) is 0 Å². The first-order valence-corrected chi connectivity index (χ1v) is 6.85. The average Bonchev–Trinajstić information content (AvgIpc) is 2.85. The molecule has 0 fully saturated rings. The van der Waals surface area contributed by atoms with E-state index in [9.17, 15) is 10.1 Å². The molecule has 2 aromatic rings. The van der Waals surface area contributed by atoms with E-state index in [-0.39, 0.29) is 17.5 Å². The number of anilines is 2. The molecule has 2 rings (SSSR count). The molecule has 7 nitrogen and oxygen atoms in total. The third-order valence-electron chi connectivity index (χ3n) is 2.73. The zero-order chi connectivity index (χ0) is 14.7. The Morgan fingerprint density at radius 1 is 1.45 bits per heavy atom. The first-order chi connectivity index (χ1) is 9.51. The van der Waals surface area contributed by atoms with Gasteiger partial charge in [-0.25, -0.2) is 4.98 Å². The van der Waals surface area contributed by atoms with Gasteiger partial charge in [0.15, 0.2) is 0 Å². The molecule has 20 heavy (non-hydrogen) atoms. The van der Waals surface area contributed by atoms with Gasteiger partial charge in [-0.15, -0.1) is 11.3 Å². The maximum Gasteiger partial charge on any atom is 0.329 e. The zero-order valence-corrected chi connectivity index (χ0v) is 12.2. The van der Waals surface area contributed by atoms with Crippen LogP contribution in [0, 0.1) is 17.0 Å². The lowest BCUT2D eigenvalue weighted by atomic mass is 10.2. The Morgan fingerprint density at radius 3 is 2.75 bits per heavy atom. The standard InChI is InChI=1S/C12H15N5O2S/c1-7-4-5-10(20-7)8(2)15-11-9(17(18)19)6-14-12(13-3)16-11/h4-6,8H,1-3H3,(H2,13,14,15,16). The van der Waals surface area contributed by atoms with Crippen molar-refractivity contribution < 1.29 is 4.92 Å². The van der Waals surface area contributed by atoms with Crippen LogP contribution < -0.4 is 10.6 Å². The lowest BCUT2D eigenvalue weighted by Crippen LogP contribution is -2.10. The van der Waals surface area contributed by atoms with Gasteiger partial charge in [0, 0.05) is 16.8 Å². The van der Waals surface area contributed by atoms with Gasteiger partial charge in [0.05, 0.1) is 11.0 Å². The highest BCUT2D eigenvalue weighted by Crippen LogP contribution is 2.29. The summed E-state index contributed by atoms with van der Waals surface area (Å²) in [6.45, 7) is 3.96. The lowest BCUT2D eigenvalue weighted by molar-refractivity contribution is -0.384. The largest absolute Gasteiger partial charge is 0.357 e. The molecule has 106 valence electrons. The summed E-state index contributed by atoms with van der Waals surface area (Å²) in [6.07, 6.45) is 1.20. The third kappa shape index (κ3) is 3.02. The maximum absolute atomic E-state index is 11.0. The minimum atomic E-state index is -0.492. The van der Waals surface area contributed by atoms with Gasteiger partial charge in [-0.2, -0.15) is 4.98 Å². The number of hydrogen-bond donors (Lipinski definition) is 2. The number of nitrogens with zero attached hydrogens (tertiary/aromatic N) is 3. The summed E-state index contributed by atoms with van der Waals surface area (Å²) >= 11 is 1.65. The topological polar surface area (TPSA) is 93.0 Å². The van der Waals surface area contributed by atoms with E-state index in [4.69, 9.17) is 0 Å². The predicted molar refractivity (Wildman–Crippen MR) is 79.3 cm³/mol. The van der Waals surface area contributed by atoms with Crippen LogP contribution in [0.4, 0.5) is 17.5 Å². The molecule has 0 saturated heterocycles. The molecule has 2 N–H and O–H groups in total. The normalized spacial score (nSPS) is 11.9. The van der Waals surface area contributed by atoms with Crippen LogP contribution in [0.1, 0.15) is 22.7 Å². The van der Waals surface area contributed by atoms with Crippen LogP contribution in [0.2, 0.25) is 0 Å². The summed E-state index contributed by atoms with van der Waals surface area (Å²) in [5, 5.41) is 16.9. The Kier molecular flexibility index (Phi) is 4.14. The van der Waals surface area contributed by atoms with E-state index in [1.807, 2.05) is 26.0 Å². The van der Waals surface area contributed by atoms with Crippen molar-refractivity contribution in [2.75, 3.05) is 17.7 Å². The van der Waals surface area contributed by atoms with E-state index in [0.29, 0.717) is 5.95 Å². The summed E-state index contributed by atoms with van der Waals surface area (Å²) < 4.78 is 0. The van der Waals surface area contributed by atoms with E-state index >= 15 is 0 Å². The Bertz CT molecular complexity index is 628. The van der Waals surface area contributed by atoms with Crippen molar-refractivity contribution in [3.05, 3.63) is 38.2 Å². The molecule has 0 aliphatic rings. The molecule has 0 aliphatic carbocycles. The molecule has 1 unspecified atom stereocenters. The van der Waals surface area contributed by atoms with Crippen LogP contribution in [0.3, 0.4) is 0 Å². The quantitative estimate of drug-likeness (QED) is 0.650. The Hall–Kier alpha value is -2.22. The minimum Gasteiger partial charge on any atom is -0.357 e. The van der Waals surface area contributed by atoms with Crippen LogP contribution in [-0.4, -0.2) is 21.9 Å². The van der Waals surface area contributed by atoms with Gasteiger partial charge < -0.3 is 10.6 Å². The number of aryl methyl sites for hydroxylation is 1. The average molecular weight is 293 g/mol. The molecule has 2 aromatic heterocycles. The van der Waals surface area contributed by atoms with Crippen molar-refractivity contribution >= 4 is 28.8 Å². The highest BCUT2D eigenvalue weighted by Gasteiger charge is 2.19. The van der Waals surface area contributed by atoms with Crippen LogP contribution >= 0.6 is 11.3 Å². The SMILES string of the molecule is CNc1ncc([N+](=O)[O-])c(NC(C)c2ccc(C)s2)n1. The van der Waals surface area contributed by atoms with Gasteiger partial charge in [0.1, 0.15) is 6.20 Å². The molecule has 8 heteroatoms. The fourth-order valence-electron chi connectivity index (χ4n) is 1.70. The molecule has 1 atom stereocenters. The molecule has 0 radical (unpaired) electrons. The van der Waals surface area contributed by atoms with Crippen LogP contribution in [0.15, 0.2) is 18.3 Å². The summed E-state index contributed by atoms with van der Waals surface area (Å²) in [5.74, 6) is 0.556. The summed E-state index contributed by atoms with van der Waals surface area (Å²) in [5.41, 5.74) is -0.135. The number of nitro groups is 1. The number of hydrogen-bond acceptors (Lipinski definition) is 7. The number of nitrogens with one attached hydrogen (secondary N) is 2. The Morgan fingerprint density at radius 2 is 2.20 bits per heavy atom. The molecule has 0 aliphatic heterocycles. The van der Waals surface area contributed by atoms with Crippen molar-refractivity contribution in [3.63, 3.8) is 0 Å².